The van der Waals surface area contributed by atoms with Crippen molar-refractivity contribution in [2.75, 3.05) is 0 Å². The van der Waals surface area contributed by atoms with Crippen LogP contribution in [-0.2, 0) is 0 Å². The van der Waals surface area contributed by atoms with Crippen molar-refractivity contribution in [2.24, 2.45) is 0 Å². The Morgan fingerprint density at radius 2 is 0.325 bits per heavy atom. The molecular weight excluding hydrogens is 1470 g/mol. The molecule has 120 heavy (non-hydrogen) atoms. The van der Waals surface area contributed by atoms with Gasteiger partial charge in [0.1, 0.15) is 0 Å². The average molecular weight is 1540 g/mol. The topological polar surface area (TPSA) is 180 Å². The van der Waals surface area contributed by atoms with Crippen LogP contribution in [0.4, 0.5) is 0 Å². The summed E-state index contributed by atoms with van der Waals surface area (Å²) < 4.78 is 0. The van der Waals surface area contributed by atoms with Gasteiger partial charge in [0.15, 0.2) is 23.3 Å². The van der Waals surface area contributed by atoms with Crippen molar-refractivity contribution in [3.63, 3.8) is 0 Å². The van der Waals surface area contributed by atoms with E-state index in [4.69, 9.17) is 59.8 Å². The predicted octanol–water partition coefficient (Wildman–Crippen LogP) is 24.9. The van der Waals surface area contributed by atoms with E-state index in [0.717, 1.165) is 157 Å². The van der Waals surface area contributed by atoms with Crippen LogP contribution in [0.1, 0.15) is 0 Å². The van der Waals surface area contributed by atoms with Gasteiger partial charge in [-0.05, 0) is 125 Å². The Bertz CT molecular complexity index is 6550. The van der Waals surface area contributed by atoms with E-state index in [1.54, 1.807) is 24.8 Å². The Labute approximate surface area is 694 Å². The lowest BCUT2D eigenvalue weighted by atomic mass is 9.99. The number of aromatic nitrogens is 14. The van der Waals surface area contributed by atoms with Crippen molar-refractivity contribution in [2.45, 2.75) is 0 Å². The number of nitrogens with zero attached hydrogens (tertiary/aromatic N) is 14. The molecule has 20 aromatic rings. The van der Waals surface area contributed by atoms with E-state index in [-0.39, 0.29) is 0 Å². The lowest BCUT2D eigenvalue weighted by Gasteiger charge is -2.13. The molecule has 0 saturated heterocycles. The number of hydrogen-bond acceptors (Lipinski definition) is 14. The van der Waals surface area contributed by atoms with Crippen LogP contribution in [0.25, 0.3) is 203 Å². The molecule has 10 heterocycles. The summed E-state index contributed by atoms with van der Waals surface area (Å²) in [5.74, 6) is 2.49. The summed E-state index contributed by atoms with van der Waals surface area (Å²) >= 11 is 0. The molecule has 14 heteroatoms. The first-order valence-corrected chi connectivity index (χ1v) is 39.4. The quantitative estimate of drug-likeness (QED) is 0.0791. The third kappa shape index (κ3) is 16.7. The molecule has 10 aromatic heterocycles. The highest BCUT2D eigenvalue weighted by molar-refractivity contribution is 5.83. The summed E-state index contributed by atoms with van der Waals surface area (Å²) in [6.45, 7) is 0. The summed E-state index contributed by atoms with van der Waals surface area (Å²) in [4.78, 5) is 69.8. The normalized spacial score (nSPS) is 11.0. The Kier molecular flexibility index (Phi) is 21.0. The van der Waals surface area contributed by atoms with Crippen LogP contribution in [0.2, 0.25) is 0 Å². The fraction of sp³-hybridized carbons (Fsp3) is 0. The van der Waals surface area contributed by atoms with Crippen LogP contribution in [0.3, 0.4) is 0 Å². The van der Waals surface area contributed by atoms with E-state index in [9.17, 15) is 0 Å². The second-order valence-electron chi connectivity index (χ2n) is 28.5. The van der Waals surface area contributed by atoms with Gasteiger partial charge >= 0.3 is 0 Å². The zero-order chi connectivity index (χ0) is 80.2. The van der Waals surface area contributed by atoms with Gasteiger partial charge in [-0.25, -0.2) is 49.8 Å². The van der Waals surface area contributed by atoms with Gasteiger partial charge in [0.05, 0.1) is 91.1 Å². The molecule has 0 fully saturated rings. The van der Waals surface area contributed by atoms with Crippen LogP contribution in [-0.4, -0.2) is 69.8 Å². The van der Waals surface area contributed by atoms with E-state index in [1.807, 2.05) is 224 Å². The Balaban J connectivity index is 0.000000159. The smallest absolute Gasteiger partial charge is 0.160 e. The van der Waals surface area contributed by atoms with Crippen molar-refractivity contribution in [1.29, 1.82) is 0 Å². The van der Waals surface area contributed by atoms with Crippen LogP contribution >= 0.6 is 0 Å². The summed E-state index contributed by atoms with van der Waals surface area (Å²) in [5.41, 5.74) is 28.1. The molecule has 20 rings (SSSR count). The first kappa shape index (κ1) is 73.6. The molecular formula is C106H70N14. The van der Waals surface area contributed by atoms with Gasteiger partial charge in [0.2, 0.25) is 0 Å². The molecule has 0 unspecified atom stereocenters. The minimum Gasteiger partial charge on any atom is -0.255 e. The SMILES string of the molecule is c1ccc(-c2cc(-c3ccccc3)nc(-c3ccc(-c4cc(-c5ccccn5)nc(-c5cc(-c6nc(-c7ccccc7)cc(-c7ccccc7)n6)ccn5)c4)cc3)n2)cc1.c1ccc(-c2cc(-c3ccccc3)nc(-c3cccc(-c4cc(-c5ccccn5)nc(-c5cc(-c6nc(-c7ccccc7)cc(-c7ccccc7)n6)ccn5)c4)c3)n2)cc1. The first-order chi connectivity index (χ1) is 59.4. The molecule has 0 aliphatic rings. The lowest BCUT2D eigenvalue weighted by Crippen LogP contribution is -1.98. The summed E-state index contributed by atoms with van der Waals surface area (Å²) in [5, 5.41) is 0. The minimum absolute atomic E-state index is 0.597. The molecule has 0 saturated carbocycles. The fourth-order valence-electron chi connectivity index (χ4n) is 14.4. The van der Waals surface area contributed by atoms with Gasteiger partial charge in [-0.1, -0.05) is 297 Å². The largest absolute Gasteiger partial charge is 0.255 e. The third-order valence-corrected chi connectivity index (χ3v) is 20.5. The van der Waals surface area contributed by atoms with Crippen molar-refractivity contribution in [3.8, 4) is 203 Å². The number of pyridine rings is 6. The van der Waals surface area contributed by atoms with Gasteiger partial charge in [0.25, 0.3) is 0 Å². The van der Waals surface area contributed by atoms with Crippen molar-refractivity contribution < 1.29 is 0 Å². The highest BCUT2D eigenvalue weighted by Crippen LogP contribution is 2.39. The van der Waals surface area contributed by atoms with Gasteiger partial charge in [-0.15, -0.1) is 0 Å². The minimum atomic E-state index is 0.597. The van der Waals surface area contributed by atoms with Gasteiger partial charge in [-0.2, -0.15) is 0 Å². The molecule has 0 aliphatic carbocycles. The van der Waals surface area contributed by atoms with E-state index in [1.165, 1.54) is 0 Å². The maximum atomic E-state index is 5.14. The lowest BCUT2D eigenvalue weighted by molar-refractivity contribution is 1.17. The maximum absolute atomic E-state index is 5.14. The van der Waals surface area contributed by atoms with Crippen molar-refractivity contribution in [3.05, 3.63) is 425 Å². The maximum Gasteiger partial charge on any atom is 0.160 e. The van der Waals surface area contributed by atoms with Crippen LogP contribution < -0.4 is 0 Å². The zero-order valence-electron chi connectivity index (χ0n) is 64.7. The van der Waals surface area contributed by atoms with Gasteiger partial charge in [-0.3, -0.25) is 19.9 Å². The Hall–Kier alpha value is -16.6. The molecule has 0 aliphatic heterocycles. The molecule has 0 amide bonds. The fourth-order valence-corrected chi connectivity index (χ4v) is 14.4. The molecule has 564 valence electrons. The first-order valence-electron chi connectivity index (χ1n) is 39.4. The zero-order valence-corrected chi connectivity index (χ0v) is 64.7. The summed E-state index contributed by atoms with van der Waals surface area (Å²) in [6, 6.07) is 134. The van der Waals surface area contributed by atoms with Gasteiger partial charge in [0, 0.05) is 91.5 Å². The molecule has 0 bridgehead atoms. The second kappa shape index (κ2) is 34.2. The molecule has 10 aromatic carbocycles. The molecule has 0 N–H and O–H groups in total. The number of rotatable bonds is 18. The highest BCUT2D eigenvalue weighted by atomic mass is 14.9. The van der Waals surface area contributed by atoms with Gasteiger partial charge < -0.3 is 0 Å². The van der Waals surface area contributed by atoms with E-state index in [0.29, 0.717) is 46.1 Å². The highest BCUT2D eigenvalue weighted by Gasteiger charge is 2.21. The molecule has 0 spiro atoms. The third-order valence-electron chi connectivity index (χ3n) is 20.5. The van der Waals surface area contributed by atoms with Crippen LogP contribution in [0, 0.1) is 0 Å². The standard InChI is InChI=1S/2C53H35N7/c1-5-16-36(17-6-1)45-34-46(37-18-7-2-8-19-37)58-52(57-45)41-25-15-24-40(30-41)43-32-50(44-26-13-14-28-54-44)56-51(33-43)49-31-42(27-29-55-49)53-59-47(38-20-9-3-10-21-38)35-48(60-53)39-22-11-4-12-23-39;1-5-15-37(16-6-1)45-34-46(38-17-7-2-8-18-38)58-52(57-45)41-26-24-36(25-27-41)43-32-50(44-23-13-14-29-54-44)56-51(33-43)49-31-42(28-30-55-49)53-59-47(39-19-9-3-10-20-39)35-48(60-53)40-21-11-4-12-22-40/h2*1-35H. The van der Waals surface area contributed by atoms with E-state index < -0.39 is 0 Å². The van der Waals surface area contributed by atoms with Crippen LogP contribution in [0.5, 0.6) is 0 Å². The molecule has 0 radical (unpaired) electrons. The van der Waals surface area contributed by atoms with Crippen molar-refractivity contribution in [1.82, 2.24) is 69.8 Å². The summed E-state index contributed by atoms with van der Waals surface area (Å²) in [7, 11) is 0. The average Bonchev–Trinajstić information content (AvgIpc) is 0.792. The number of benzene rings is 10. The molecule has 14 nitrogen and oxygen atoms in total. The monoisotopic (exact) mass is 1540 g/mol. The molecule has 0 atom stereocenters. The second-order valence-corrected chi connectivity index (χ2v) is 28.5. The van der Waals surface area contributed by atoms with Crippen LogP contribution in [0.15, 0.2) is 425 Å². The predicted molar refractivity (Wildman–Crippen MR) is 480 cm³/mol. The Morgan fingerprint density at radius 1 is 0.100 bits per heavy atom. The van der Waals surface area contributed by atoms with E-state index in [2.05, 4.69) is 186 Å². The van der Waals surface area contributed by atoms with Crippen molar-refractivity contribution >= 4 is 0 Å². The Morgan fingerprint density at radius 3 is 0.617 bits per heavy atom. The number of hydrogen-bond donors (Lipinski definition) is 0. The van der Waals surface area contributed by atoms with E-state index >= 15 is 0 Å². The summed E-state index contributed by atoms with van der Waals surface area (Å²) in [6.07, 6.45) is 7.15.